The molecule has 6 heteroatoms. The van der Waals surface area contributed by atoms with Crippen molar-refractivity contribution >= 4 is 30.7 Å². The second-order valence-electron chi connectivity index (χ2n) is 12.3. The highest BCUT2D eigenvalue weighted by Crippen LogP contribution is 2.37. The number of amides is 2. The summed E-state index contributed by atoms with van der Waals surface area (Å²) in [4.78, 5) is 27.1. The lowest BCUT2D eigenvalue weighted by atomic mass is 9.94. The highest BCUT2D eigenvalue weighted by atomic mass is 28.4. The monoisotopic (exact) mass is 557 g/mol. The number of hydrogen-bond donors (Lipinski definition) is 0. The van der Waals surface area contributed by atoms with Crippen LogP contribution >= 0.6 is 0 Å². The zero-order chi connectivity index (χ0) is 28.8. The summed E-state index contributed by atoms with van der Waals surface area (Å²) < 4.78 is 12.4. The van der Waals surface area contributed by atoms with E-state index in [-0.39, 0.29) is 35.4 Å². The van der Waals surface area contributed by atoms with E-state index in [0.29, 0.717) is 19.4 Å². The molecule has 0 radical (unpaired) electrons. The molecule has 0 saturated carbocycles. The van der Waals surface area contributed by atoms with E-state index in [9.17, 15) is 9.59 Å². The molecule has 1 heterocycles. The summed E-state index contributed by atoms with van der Waals surface area (Å²) in [5.74, 6) is 0.196. The number of imide groups is 1. The lowest BCUT2D eigenvalue weighted by Crippen LogP contribution is -2.66. The van der Waals surface area contributed by atoms with Crippen molar-refractivity contribution in [3.63, 3.8) is 0 Å². The van der Waals surface area contributed by atoms with E-state index in [1.165, 1.54) is 15.3 Å². The summed E-state index contributed by atoms with van der Waals surface area (Å²) in [5.41, 5.74) is 1.09. The molecule has 0 aliphatic carbocycles. The first-order chi connectivity index (χ1) is 19.1. The summed E-state index contributed by atoms with van der Waals surface area (Å²) in [7, 11) is -2.61. The molecule has 3 atom stereocenters. The molecule has 1 aliphatic rings. The minimum atomic E-state index is -2.61. The average Bonchev–Trinajstić information content (AvgIpc) is 3.29. The van der Waals surface area contributed by atoms with Crippen molar-refractivity contribution in [2.75, 3.05) is 13.2 Å². The molecular weight excluding hydrogens is 514 g/mol. The number of nitrogens with zero attached hydrogens (tertiary/aromatic N) is 1. The van der Waals surface area contributed by atoms with Crippen molar-refractivity contribution in [1.29, 1.82) is 0 Å². The van der Waals surface area contributed by atoms with Crippen LogP contribution in [0.15, 0.2) is 91.0 Å². The zero-order valence-electron chi connectivity index (χ0n) is 24.5. The summed E-state index contributed by atoms with van der Waals surface area (Å²) >= 11 is 0. The van der Waals surface area contributed by atoms with Gasteiger partial charge in [-0.3, -0.25) is 4.79 Å². The molecule has 0 bridgehead atoms. The zero-order valence-corrected chi connectivity index (χ0v) is 25.5. The third-order valence-electron chi connectivity index (χ3n) is 7.87. The minimum absolute atomic E-state index is 0.0825. The fourth-order valence-electron chi connectivity index (χ4n) is 6.07. The Morgan fingerprint density at radius 3 is 1.95 bits per heavy atom. The van der Waals surface area contributed by atoms with Gasteiger partial charge in [-0.05, 0) is 45.7 Å². The van der Waals surface area contributed by atoms with Crippen LogP contribution < -0.4 is 10.4 Å². The van der Waals surface area contributed by atoms with Gasteiger partial charge in [0.05, 0.1) is 6.04 Å². The molecule has 40 heavy (non-hydrogen) atoms. The average molecular weight is 558 g/mol. The number of hydrogen-bond acceptors (Lipinski definition) is 4. The van der Waals surface area contributed by atoms with Gasteiger partial charge in [0.25, 0.3) is 8.32 Å². The molecule has 3 aromatic rings. The number of cyclic esters (lactones) is 1. The Kier molecular flexibility index (Phi) is 9.64. The number of benzene rings is 3. The topological polar surface area (TPSA) is 55.8 Å². The third-order valence-corrected chi connectivity index (χ3v) is 12.9. The molecule has 1 aliphatic heterocycles. The number of ether oxygens (including phenoxy) is 1. The van der Waals surface area contributed by atoms with E-state index < -0.39 is 14.4 Å². The predicted molar refractivity (Wildman–Crippen MR) is 163 cm³/mol. The summed E-state index contributed by atoms with van der Waals surface area (Å²) in [6.07, 6.45) is 1.22. The Morgan fingerprint density at radius 1 is 0.900 bits per heavy atom. The lowest BCUT2D eigenvalue weighted by molar-refractivity contribution is -0.130. The first-order valence-corrected chi connectivity index (χ1v) is 16.3. The Labute approximate surface area is 240 Å². The van der Waals surface area contributed by atoms with Crippen LogP contribution in [0.25, 0.3) is 0 Å². The molecule has 0 aromatic heterocycles. The number of rotatable bonds is 11. The molecular formula is C34H43NO4Si. The van der Waals surface area contributed by atoms with Crippen molar-refractivity contribution in [1.82, 2.24) is 4.90 Å². The lowest BCUT2D eigenvalue weighted by Gasteiger charge is -2.43. The molecule has 212 valence electrons. The van der Waals surface area contributed by atoms with Crippen LogP contribution in [-0.4, -0.2) is 44.5 Å². The van der Waals surface area contributed by atoms with Gasteiger partial charge >= 0.3 is 6.09 Å². The van der Waals surface area contributed by atoms with Crippen molar-refractivity contribution in [3.05, 3.63) is 96.6 Å². The Bertz CT molecular complexity index is 1200. The molecule has 2 amide bonds. The Morgan fingerprint density at radius 2 is 1.43 bits per heavy atom. The van der Waals surface area contributed by atoms with Gasteiger partial charge in [0.2, 0.25) is 5.91 Å². The van der Waals surface area contributed by atoms with Gasteiger partial charge in [-0.2, -0.15) is 0 Å². The van der Waals surface area contributed by atoms with Crippen LogP contribution in [0, 0.1) is 11.8 Å². The van der Waals surface area contributed by atoms with Gasteiger partial charge in [0.15, 0.2) is 0 Å². The van der Waals surface area contributed by atoms with E-state index in [2.05, 4.69) is 95.3 Å². The van der Waals surface area contributed by atoms with Crippen LogP contribution in [0.3, 0.4) is 0 Å². The number of carbonyl (C=O) groups excluding carboxylic acids is 2. The van der Waals surface area contributed by atoms with Crippen molar-refractivity contribution in [2.24, 2.45) is 11.8 Å². The highest BCUT2D eigenvalue weighted by Gasteiger charge is 2.50. The fourth-order valence-corrected chi connectivity index (χ4v) is 10.8. The largest absolute Gasteiger partial charge is 0.447 e. The minimum Gasteiger partial charge on any atom is -0.447 e. The van der Waals surface area contributed by atoms with Crippen LogP contribution in [0.5, 0.6) is 0 Å². The molecule has 4 rings (SSSR count). The summed E-state index contributed by atoms with van der Waals surface area (Å²) in [6, 6.07) is 31.0. The second kappa shape index (κ2) is 13.0. The smallest absolute Gasteiger partial charge is 0.416 e. The Balaban J connectivity index is 1.42. The van der Waals surface area contributed by atoms with Gasteiger partial charge in [0.1, 0.15) is 6.61 Å². The third kappa shape index (κ3) is 6.73. The van der Waals surface area contributed by atoms with Crippen LogP contribution in [0.2, 0.25) is 5.04 Å². The SMILES string of the molecule is C[C@H](CC(=O)N1C(=O)OC[C@@H]1Cc1ccccc1)C[C@@H](C)CO[Si](c1ccccc1)(c1ccccc1)C(C)(C)C. The molecule has 1 saturated heterocycles. The molecule has 0 N–H and O–H groups in total. The summed E-state index contributed by atoms with van der Waals surface area (Å²) in [5, 5.41) is 2.45. The molecule has 0 unspecified atom stereocenters. The Hall–Kier alpha value is -3.22. The maximum absolute atomic E-state index is 13.3. The first kappa shape index (κ1) is 29.8. The van der Waals surface area contributed by atoms with E-state index in [4.69, 9.17) is 9.16 Å². The van der Waals surface area contributed by atoms with Crippen molar-refractivity contribution in [3.8, 4) is 0 Å². The second-order valence-corrected chi connectivity index (χ2v) is 16.6. The molecule has 3 aromatic carbocycles. The number of carbonyl (C=O) groups is 2. The van der Waals surface area contributed by atoms with Crippen molar-refractivity contribution < 1.29 is 18.8 Å². The fraction of sp³-hybridized carbons (Fsp3) is 0.412. The maximum Gasteiger partial charge on any atom is 0.416 e. The van der Waals surface area contributed by atoms with E-state index in [1.54, 1.807) is 0 Å². The van der Waals surface area contributed by atoms with Gasteiger partial charge in [-0.25, -0.2) is 9.69 Å². The highest BCUT2D eigenvalue weighted by molar-refractivity contribution is 6.99. The molecule has 5 nitrogen and oxygen atoms in total. The normalized spacial score (nSPS) is 17.4. The van der Waals surface area contributed by atoms with Crippen LogP contribution in [0.1, 0.15) is 53.0 Å². The molecule has 0 spiro atoms. The van der Waals surface area contributed by atoms with E-state index >= 15 is 0 Å². The van der Waals surface area contributed by atoms with E-state index in [1.807, 2.05) is 30.3 Å². The molecule has 1 fully saturated rings. The van der Waals surface area contributed by atoms with Crippen LogP contribution in [-0.2, 0) is 20.4 Å². The van der Waals surface area contributed by atoms with Gasteiger partial charge in [-0.1, -0.05) is 126 Å². The van der Waals surface area contributed by atoms with Gasteiger partial charge < -0.3 is 9.16 Å². The van der Waals surface area contributed by atoms with Gasteiger partial charge in [0, 0.05) is 13.0 Å². The summed E-state index contributed by atoms with van der Waals surface area (Å²) in [6.45, 7) is 12.0. The standard InChI is InChI=1S/C34H43NO4Si/c1-26(22-32(36)35-29(25-38-33(35)37)23-28-15-9-6-10-16-28)21-27(2)24-39-40(34(3,4)5,30-17-11-7-12-18-30)31-19-13-8-14-20-31/h6-20,26-27,29H,21-25H2,1-5H3/t26-,27+,29-/m0/s1. The predicted octanol–water partition coefficient (Wildman–Crippen LogP) is 6.21. The van der Waals surface area contributed by atoms with E-state index in [0.717, 1.165) is 12.0 Å². The van der Waals surface area contributed by atoms with Crippen molar-refractivity contribution in [2.45, 2.75) is 65.0 Å². The maximum atomic E-state index is 13.3. The van der Waals surface area contributed by atoms with Gasteiger partial charge in [-0.15, -0.1) is 0 Å². The van der Waals surface area contributed by atoms with Crippen LogP contribution in [0.4, 0.5) is 4.79 Å². The quantitative estimate of drug-likeness (QED) is 0.263. The first-order valence-electron chi connectivity index (χ1n) is 14.4.